The van der Waals surface area contributed by atoms with Crippen LogP contribution in [0.2, 0.25) is 0 Å². The van der Waals surface area contributed by atoms with Gasteiger partial charge in [-0.2, -0.15) is 0 Å². The van der Waals surface area contributed by atoms with Crippen LogP contribution in [0, 0.1) is 0 Å². The largest absolute Gasteiger partial charge is 0.508 e. The van der Waals surface area contributed by atoms with Crippen molar-refractivity contribution in [2.24, 2.45) is 5.14 Å². The van der Waals surface area contributed by atoms with Crippen LogP contribution in [0.15, 0.2) is 47.4 Å². The number of ether oxygens (including phenoxy) is 1. The Morgan fingerprint density at radius 2 is 1.78 bits per heavy atom. The molecule has 0 unspecified atom stereocenters. The molecule has 2 aromatic rings. The van der Waals surface area contributed by atoms with E-state index in [0.717, 1.165) is 75.8 Å². The van der Waals surface area contributed by atoms with Gasteiger partial charge in [0.15, 0.2) is 0 Å². The first kappa shape index (κ1) is 31.0. The van der Waals surface area contributed by atoms with E-state index in [4.69, 9.17) is 9.88 Å². The molecule has 0 bridgehead atoms. The molecule has 6 N–H and O–H groups in total. The van der Waals surface area contributed by atoms with Gasteiger partial charge in [-0.05, 0) is 80.5 Å². The number of nitrogens with one attached hydrogen (secondary N) is 1. The lowest BCUT2D eigenvalue weighted by atomic mass is 10.1. The van der Waals surface area contributed by atoms with Crippen molar-refractivity contribution in [2.45, 2.75) is 64.6 Å². The second-order valence-corrected chi connectivity index (χ2v) is 11.0. The number of aliphatic hydroxyl groups is 2. The number of phenols is 1. The van der Waals surface area contributed by atoms with E-state index in [1.54, 1.807) is 18.2 Å². The van der Waals surface area contributed by atoms with E-state index in [1.165, 1.54) is 13.0 Å². The van der Waals surface area contributed by atoms with Crippen molar-refractivity contribution in [3.8, 4) is 5.75 Å². The van der Waals surface area contributed by atoms with Crippen LogP contribution in [0.3, 0.4) is 0 Å². The molecule has 0 aromatic heterocycles. The van der Waals surface area contributed by atoms with Crippen molar-refractivity contribution >= 4 is 16.1 Å². The number of hydrogen-bond donors (Lipinski definition) is 5. The highest BCUT2D eigenvalue weighted by Gasteiger charge is 2.10. The molecule has 9 heteroatoms. The SMILES string of the molecule is CC(=Cc1cccc(CCCCOCCCCCCNC[C@H](O)c2ccc(O)c(CO)c2)c1)S(N)(=O)=O. The highest BCUT2D eigenvalue weighted by Crippen LogP contribution is 2.22. The minimum atomic E-state index is -3.65. The van der Waals surface area contributed by atoms with E-state index in [9.17, 15) is 23.7 Å². The average Bonchev–Trinajstić information content (AvgIpc) is 2.86. The van der Waals surface area contributed by atoms with Crippen LogP contribution < -0.4 is 10.5 Å². The Labute approximate surface area is 221 Å². The number of nitrogens with two attached hydrogens (primary N) is 1. The van der Waals surface area contributed by atoms with E-state index < -0.39 is 16.1 Å². The monoisotopic (exact) mass is 534 g/mol. The summed E-state index contributed by atoms with van der Waals surface area (Å²) >= 11 is 0. The Balaban J connectivity index is 1.47. The fraction of sp³-hybridized carbons (Fsp3) is 0.500. The van der Waals surface area contributed by atoms with Gasteiger partial charge in [0.2, 0.25) is 10.0 Å². The van der Waals surface area contributed by atoms with E-state index >= 15 is 0 Å². The third-order valence-corrected chi connectivity index (χ3v) is 7.18. The van der Waals surface area contributed by atoms with Crippen molar-refractivity contribution < 1.29 is 28.5 Å². The van der Waals surface area contributed by atoms with Crippen molar-refractivity contribution in [3.63, 3.8) is 0 Å². The lowest BCUT2D eigenvalue weighted by Crippen LogP contribution is -2.22. The summed E-state index contributed by atoms with van der Waals surface area (Å²) in [6.45, 7) is 3.98. The summed E-state index contributed by atoms with van der Waals surface area (Å²) in [5.74, 6) is 0.0333. The number of primary sulfonamides is 1. The molecule has 2 rings (SSSR count). The van der Waals surface area contributed by atoms with Crippen molar-refractivity contribution in [1.29, 1.82) is 0 Å². The summed E-state index contributed by atoms with van der Waals surface area (Å²) in [4.78, 5) is 0.150. The molecule has 0 spiro atoms. The third-order valence-electron chi connectivity index (χ3n) is 6.16. The molecule has 37 heavy (non-hydrogen) atoms. The lowest BCUT2D eigenvalue weighted by molar-refractivity contribution is 0.126. The Morgan fingerprint density at radius 1 is 1.05 bits per heavy atom. The number of aryl methyl sites for hydroxylation is 1. The zero-order chi connectivity index (χ0) is 27.1. The number of unbranched alkanes of at least 4 members (excludes halogenated alkanes) is 4. The first-order valence-corrected chi connectivity index (χ1v) is 14.4. The molecule has 0 saturated carbocycles. The third kappa shape index (κ3) is 12.2. The summed E-state index contributed by atoms with van der Waals surface area (Å²) in [5, 5.41) is 37.5. The van der Waals surface area contributed by atoms with Crippen LogP contribution in [0.4, 0.5) is 0 Å². The number of sulfonamides is 1. The van der Waals surface area contributed by atoms with Crippen LogP contribution in [0.25, 0.3) is 6.08 Å². The topological polar surface area (TPSA) is 142 Å². The second kappa shape index (κ2) is 16.5. The number of aromatic hydroxyl groups is 1. The fourth-order valence-electron chi connectivity index (χ4n) is 3.89. The van der Waals surface area contributed by atoms with Gasteiger partial charge in [0.25, 0.3) is 0 Å². The normalized spacial score (nSPS) is 13.1. The molecular weight excluding hydrogens is 492 g/mol. The maximum atomic E-state index is 11.4. The average molecular weight is 535 g/mol. The van der Waals surface area contributed by atoms with Gasteiger partial charge < -0.3 is 25.4 Å². The Bertz CT molecular complexity index is 1090. The summed E-state index contributed by atoms with van der Waals surface area (Å²) in [5.41, 5.74) is 3.08. The molecule has 8 nitrogen and oxygen atoms in total. The predicted octanol–water partition coefficient (Wildman–Crippen LogP) is 3.76. The number of hydrogen-bond acceptors (Lipinski definition) is 7. The first-order chi connectivity index (χ1) is 17.7. The summed E-state index contributed by atoms with van der Waals surface area (Å²) < 4.78 is 28.5. The van der Waals surface area contributed by atoms with Crippen LogP contribution >= 0.6 is 0 Å². The van der Waals surface area contributed by atoms with Crippen molar-refractivity contribution in [3.05, 3.63) is 69.6 Å². The molecule has 0 fully saturated rings. The molecular formula is C28H42N2O6S. The van der Waals surface area contributed by atoms with E-state index in [-0.39, 0.29) is 17.3 Å². The number of rotatable bonds is 18. The number of allylic oxidation sites excluding steroid dienone is 1. The van der Waals surface area contributed by atoms with Crippen LogP contribution in [0.1, 0.15) is 73.8 Å². The van der Waals surface area contributed by atoms with Gasteiger partial charge in [0.05, 0.1) is 17.6 Å². The minimum Gasteiger partial charge on any atom is -0.508 e. The van der Waals surface area contributed by atoms with Gasteiger partial charge in [-0.1, -0.05) is 43.2 Å². The zero-order valence-electron chi connectivity index (χ0n) is 21.7. The minimum absolute atomic E-state index is 0.0333. The summed E-state index contributed by atoms with van der Waals surface area (Å²) in [7, 11) is -3.65. The Hall–Kier alpha value is -2.27. The van der Waals surface area contributed by atoms with Crippen LogP contribution in [-0.4, -0.2) is 50.0 Å². The van der Waals surface area contributed by atoms with E-state index in [2.05, 4.69) is 5.32 Å². The van der Waals surface area contributed by atoms with Crippen molar-refractivity contribution in [1.82, 2.24) is 5.32 Å². The van der Waals surface area contributed by atoms with Gasteiger partial charge in [0.1, 0.15) is 5.75 Å². The first-order valence-electron chi connectivity index (χ1n) is 12.9. The van der Waals surface area contributed by atoms with E-state index in [0.29, 0.717) is 17.7 Å². The molecule has 0 aliphatic heterocycles. The predicted molar refractivity (Wildman–Crippen MR) is 147 cm³/mol. The maximum absolute atomic E-state index is 11.4. The van der Waals surface area contributed by atoms with Gasteiger partial charge in [-0.25, -0.2) is 13.6 Å². The molecule has 206 valence electrons. The highest BCUT2D eigenvalue weighted by atomic mass is 32.2. The maximum Gasteiger partial charge on any atom is 0.233 e. The molecule has 0 aliphatic rings. The molecule has 0 saturated heterocycles. The van der Waals surface area contributed by atoms with Gasteiger partial charge in [-0.15, -0.1) is 0 Å². The molecule has 0 amide bonds. The number of benzene rings is 2. The smallest absolute Gasteiger partial charge is 0.233 e. The van der Waals surface area contributed by atoms with Gasteiger partial charge in [0, 0.05) is 25.3 Å². The quantitative estimate of drug-likeness (QED) is 0.183. The van der Waals surface area contributed by atoms with Crippen molar-refractivity contribution in [2.75, 3.05) is 26.3 Å². The molecule has 0 heterocycles. The van der Waals surface area contributed by atoms with Gasteiger partial charge in [-0.3, -0.25) is 0 Å². The molecule has 2 aromatic carbocycles. The van der Waals surface area contributed by atoms with E-state index in [1.807, 2.05) is 24.3 Å². The zero-order valence-corrected chi connectivity index (χ0v) is 22.5. The van der Waals surface area contributed by atoms with Crippen LogP contribution in [0.5, 0.6) is 5.75 Å². The van der Waals surface area contributed by atoms with Gasteiger partial charge >= 0.3 is 0 Å². The highest BCUT2D eigenvalue weighted by molar-refractivity contribution is 7.93. The lowest BCUT2D eigenvalue weighted by Gasteiger charge is -2.14. The molecule has 0 aliphatic carbocycles. The Kier molecular flexibility index (Phi) is 13.8. The van der Waals surface area contributed by atoms with Crippen LogP contribution in [-0.2, 0) is 27.8 Å². The number of aliphatic hydroxyl groups excluding tert-OH is 2. The Morgan fingerprint density at radius 3 is 2.51 bits per heavy atom. The molecule has 1 atom stereocenters. The molecule has 0 radical (unpaired) electrons. The summed E-state index contributed by atoms with van der Waals surface area (Å²) in [6.07, 6.45) is 8.04. The fourth-order valence-corrected chi connectivity index (χ4v) is 4.19. The standard InChI is InChI=1S/C28H42N2O6S/c1-22(37(29,34)35)17-24-11-8-10-23(18-24)9-4-7-16-36-15-6-3-2-5-14-30-20-28(33)25-12-13-27(32)26(19-25)21-31/h8,10-13,17-19,28,30-33H,2-7,9,14-16,20-21H2,1H3,(H2,29,34,35)/t28-/m0/s1. The summed E-state index contributed by atoms with van der Waals surface area (Å²) in [6, 6.07) is 12.6. The second-order valence-electron chi connectivity index (χ2n) is 9.29.